The van der Waals surface area contributed by atoms with E-state index in [2.05, 4.69) is 18.4 Å². The van der Waals surface area contributed by atoms with Gasteiger partial charge in [-0.15, -0.1) is 0 Å². The Balaban J connectivity index is 2.65. The molecule has 2 rings (SSSR count). The van der Waals surface area contributed by atoms with Crippen molar-refractivity contribution < 1.29 is 9.53 Å². The van der Waals surface area contributed by atoms with Crippen LogP contribution in [0.4, 0.5) is 0 Å². The van der Waals surface area contributed by atoms with Crippen molar-refractivity contribution in [1.29, 1.82) is 0 Å². The summed E-state index contributed by atoms with van der Waals surface area (Å²) in [6.45, 7) is 6.56. The van der Waals surface area contributed by atoms with Crippen LogP contribution in [0.1, 0.15) is 38.5 Å². The van der Waals surface area contributed by atoms with Crippen molar-refractivity contribution in [2.24, 2.45) is 0 Å². The van der Waals surface area contributed by atoms with Crippen LogP contribution >= 0.6 is 11.6 Å². The number of halogens is 1. The van der Waals surface area contributed by atoms with Gasteiger partial charge in [0.15, 0.2) is 0 Å². The maximum absolute atomic E-state index is 10.5. The molecular weight excluding hydrogens is 250 g/mol. The minimum absolute atomic E-state index is 0.275. The SMILES string of the molecule is CC(OC=O)c1cn(C(C)C)c2ccc(Cl)cc12. The third-order valence-electron chi connectivity index (χ3n) is 3.08. The zero-order valence-electron chi connectivity index (χ0n) is 10.7. The van der Waals surface area contributed by atoms with E-state index in [-0.39, 0.29) is 6.10 Å². The van der Waals surface area contributed by atoms with E-state index in [1.165, 1.54) is 0 Å². The number of rotatable bonds is 4. The van der Waals surface area contributed by atoms with Crippen molar-refractivity contribution in [3.63, 3.8) is 0 Å². The topological polar surface area (TPSA) is 31.2 Å². The van der Waals surface area contributed by atoms with Gasteiger partial charge in [0.05, 0.1) is 0 Å². The van der Waals surface area contributed by atoms with Crippen LogP contribution in [0.25, 0.3) is 10.9 Å². The highest BCUT2D eigenvalue weighted by molar-refractivity contribution is 6.31. The van der Waals surface area contributed by atoms with E-state index in [4.69, 9.17) is 16.3 Å². The summed E-state index contributed by atoms with van der Waals surface area (Å²) in [6, 6.07) is 6.12. The second-order valence-electron chi connectivity index (χ2n) is 4.62. The van der Waals surface area contributed by atoms with E-state index >= 15 is 0 Å². The van der Waals surface area contributed by atoms with Gasteiger partial charge in [-0.1, -0.05) is 11.6 Å². The Kier molecular flexibility index (Phi) is 3.62. The van der Waals surface area contributed by atoms with Crippen LogP contribution in [0.5, 0.6) is 0 Å². The number of hydrogen-bond donors (Lipinski definition) is 0. The van der Waals surface area contributed by atoms with E-state index in [9.17, 15) is 4.79 Å². The highest BCUT2D eigenvalue weighted by atomic mass is 35.5. The fourth-order valence-corrected chi connectivity index (χ4v) is 2.33. The summed E-state index contributed by atoms with van der Waals surface area (Å²) in [4.78, 5) is 10.5. The smallest absolute Gasteiger partial charge is 0.293 e. The molecule has 1 heterocycles. The van der Waals surface area contributed by atoms with Gasteiger partial charge in [0.2, 0.25) is 0 Å². The molecule has 0 aliphatic carbocycles. The minimum Gasteiger partial charge on any atom is -0.460 e. The van der Waals surface area contributed by atoms with Crippen LogP contribution in [0.2, 0.25) is 5.02 Å². The molecule has 0 amide bonds. The van der Waals surface area contributed by atoms with E-state index in [1.807, 2.05) is 31.3 Å². The quantitative estimate of drug-likeness (QED) is 0.779. The molecule has 2 aromatic rings. The number of benzene rings is 1. The summed E-state index contributed by atoms with van der Waals surface area (Å²) in [5, 5.41) is 1.72. The van der Waals surface area contributed by atoms with Crippen molar-refractivity contribution >= 4 is 29.0 Å². The van der Waals surface area contributed by atoms with Crippen molar-refractivity contribution in [3.8, 4) is 0 Å². The maximum atomic E-state index is 10.5. The van der Waals surface area contributed by atoms with Crippen LogP contribution in [0.15, 0.2) is 24.4 Å². The number of ether oxygens (including phenoxy) is 1. The van der Waals surface area contributed by atoms with Gasteiger partial charge < -0.3 is 9.30 Å². The Hall–Kier alpha value is -1.48. The highest BCUT2D eigenvalue weighted by Gasteiger charge is 2.16. The molecule has 3 nitrogen and oxygen atoms in total. The van der Waals surface area contributed by atoms with Crippen molar-refractivity contribution in [2.75, 3.05) is 0 Å². The van der Waals surface area contributed by atoms with Crippen LogP contribution in [-0.4, -0.2) is 11.0 Å². The first kappa shape index (κ1) is 13.0. The molecular formula is C14H16ClNO2. The summed E-state index contributed by atoms with van der Waals surface area (Å²) in [7, 11) is 0. The average molecular weight is 266 g/mol. The summed E-state index contributed by atoms with van der Waals surface area (Å²) < 4.78 is 7.19. The molecule has 0 bridgehead atoms. The Morgan fingerprint density at radius 1 is 1.33 bits per heavy atom. The Morgan fingerprint density at radius 3 is 2.67 bits per heavy atom. The molecule has 0 radical (unpaired) electrons. The summed E-state index contributed by atoms with van der Waals surface area (Å²) >= 11 is 6.04. The van der Waals surface area contributed by atoms with Crippen LogP contribution in [0, 0.1) is 0 Å². The second-order valence-corrected chi connectivity index (χ2v) is 5.06. The second kappa shape index (κ2) is 5.02. The molecule has 96 valence electrons. The van der Waals surface area contributed by atoms with Gasteiger partial charge in [-0.2, -0.15) is 0 Å². The van der Waals surface area contributed by atoms with Crippen LogP contribution < -0.4 is 0 Å². The lowest BCUT2D eigenvalue weighted by Gasteiger charge is -2.09. The van der Waals surface area contributed by atoms with Gasteiger partial charge in [0, 0.05) is 33.7 Å². The number of carbonyl (C=O) groups is 1. The molecule has 0 N–H and O–H groups in total. The van der Waals surface area contributed by atoms with E-state index in [0.29, 0.717) is 17.5 Å². The van der Waals surface area contributed by atoms with Crippen molar-refractivity contribution in [3.05, 3.63) is 35.0 Å². The first-order chi connectivity index (χ1) is 8.54. The summed E-state index contributed by atoms with van der Waals surface area (Å²) in [5.41, 5.74) is 2.08. The normalized spacial score (nSPS) is 12.9. The van der Waals surface area contributed by atoms with Gasteiger partial charge in [-0.25, -0.2) is 0 Å². The summed E-state index contributed by atoms with van der Waals surface area (Å²) in [6.07, 6.45) is 1.75. The minimum atomic E-state index is -0.275. The number of fused-ring (bicyclic) bond motifs is 1. The molecule has 18 heavy (non-hydrogen) atoms. The van der Waals surface area contributed by atoms with Gasteiger partial charge in [-0.05, 0) is 39.0 Å². The number of nitrogens with zero attached hydrogens (tertiary/aromatic N) is 1. The highest BCUT2D eigenvalue weighted by Crippen LogP contribution is 2.32. The fourth-order valence-electron chi connectivity index (χ4n) is 2.16. The Labute approximate surface area is 111 Å². The zero-order valence-corrected chi connectivity index (χ0v) is 11.4. The average Bonchev–Trinajstić information content (AvgIpc) is 2.68. The molecule has 0 fully saturated rings. The molecule has 0 spiro atoms. The van der Waals surface area contributed by atoms with Crippen LogP contribution in [-0.2, 0) is 9.53 Å². The summed E-state index contributed by atoms with van der Waals surface area (Å²) in [5.74, 6) is 0. The maximum Gasteiger partial charge on any atom is 0.293 e. The van der Waals surface area contributed by atoms with Gasteiger partial charge >= 0.3 is 0 Å². The first-order valence-corrected chi connectivity index (χ1v) is 6.31. The van der Waals surface area contributed by atoms with E-state index < -0.39 is 0 Å². The third kappa shape index (κ3) is 2.23. The monoisotopic (exact) mass is 265 g/mol. The fraction of sp³-hybridized carbons (Fsp3) is 0.357. The number of aromatic nitrogens is 1. The lowest BCUT2D eigenvalue weighted by Crippen LogP contribution is -1.99. The molecule has 0 aliphatic heterocycles. The van der Waals surface area contributed by atoms with Gasteiger partial charge in [0.1, 0.15) is 6.10 Å². The van der Waals surface area contributed by atoms with Gasteiger partial charge in [-0.3, -0.25) is 4.79 Å². The lowest BCUT2D eigenvalue weighted by molar-refractivity contribution is -0.133. The predicted molar refractivity (Wildman–Crippen MR) is 72.9 cm³/mol. The third-order valence-corrected chi connectivity index (χ3v) is 3.32. The van der Waals surface area contributed by atoms with Crippen LogP contribution in [0.3, 0.4) is 0 Å². The van der Waals surface area contributed by atoms with E-state index in [1.54, 1.807) is 0 Å². The molecule has 0 saturated heterocycles. The van der Waals surface area contributed by atoms with E-state index in [0.717, 1.165) is 16.5 Å². The molecule has 1 aromatic carbocycles. The molecule has 0 aliphatic rings. The largest absolute Gasteiger partial charge is 0.460 e. The molecule has 1 atom stereocenters. The molecule has 1 aromatic heterocycles. The number of carbonyl (C=O) groups excluding carboxylic acids is 1. The number of hydrogen-bond acceptors (Lipinski definition) is 2. The standard InChI is InChI=1S/C14H16ClNO2/c1-9(2)16-7-13(10(3)18-8-17)12-6-11(15)4-5-14(12)16/h4-10H,1-3H3. The lowest BCUT2D eigenvalue weighted by atomic mass is 10.1. The van der Waals surface area contributed by atoms with Gasteiger partial charge in [0.25, 0.3) is 6.47 Å². The predicted octanol–water partition coefficient (Wildman–Crippen LogP) is 4.11. The zero-order chi connectivity index (χ0) is 13.3. The van der Waals surface area contributed by atoms with Crippen molar-refractivity contribution in [2.45, 2.75) is 32.9 Å². The Bertz CT molecular complexity index is 574. The first-order valence-electron chi connectivity index (χ1n) is 5.93. The Morgan fingerprint density at radius 2 is 2.06 bits per heavy atom. The molecule has 0 saturated carbocycles. The van der Waals surface area contributed by atoms with Crippen molar-refractivity contribution in [1.82, 2.24) is 4.57 Å². The molecule has 4 heteroatoms. The molecule has 1 unspecified atom stereocenters.